The van der Waals surface area contributed by atoms with Crippen LogP contribution in [0.15, 0.2) is 60.1 Å². The minimum absolute atomic E-state index is 0.201. The number of thiazole rings is 1. The second-order valence-corrected chi connectivity index (χ2v) is 7.98. The number of halogens is 2. The molecule has 0 bridgehead atoms. The smallest absolute Gasteiger partial charge is 0.387 e. The molecule has 1 heterocycles. The van der Waals surface area contributed by atoms with E-state index in [1.165, 1.54) is 5.57 Å². The third kappa shape index (κ3) is 2.86. The van der Waals surface area contributed by atoms with E-state index in [2.05, 4.69) is 40.9 Å². The summed E-state index contributed by atoms with van der Waals surface area (Å²) in [6.07, 6.45) is 4.47. The highest BCUT2D eigenvalue weighted by atomic mass is 32.1. The van der Waals surface area contributed by atoms with E-state index in [0.717, 1.165) is 26.9 Å². The van der Waals surface area contributed by atoms with Gasteiger partial charge in [0.2, 0.25) is 0 Å². The molecule has 0 N–H and O–H groups in total. The van der Waals surface area contributed by atoms with Crippen LogP contribution in [0.2, 0.25) is 0 Å². The maximum atomic E-state index is 12.7. The molecule has 2 nitrogen and oxygen atoms in total. The molecule has 0 amide bonds. The highest BCUT2D eigenvalue weighted by Crippen LogP contribution is 2.59. The van der Waals surface area contributed by atoms with Gasteiger partial charge in [-0.1, -0.05) is 37.3 Å². The fourth-order valence-corrected chi connectivity index (χ4v) is 4.90. The normalized spacial score (nSPS) is 23.8. The van der Waals surface area contributed by atoms with Crippen molar-refractivity contribution in [2.45, 2.75) is 13.5 Å². The van der Waals surface area contributed by atoms with Gasteiger partial charge in [0.15, 0.2) is 0 Å². The molecule has 27 heavy (non-hydrogen) atoms. The van der Waals surface area contributed by atoms with Crippen molar-refractivity contribution >= 4 is 32.7 Å². The van der Waals surface area contributed by atoms with E-state index in [9.17, 15) is 8.78 Å². The standard InChI is InChI=1S/C22H17F2NOS/c1-12-16-6-7-17(13-5-8-18-19(10-13)27-11-25-18)21(20(12)16)14-3-2-4-15(9-14)26-22(23)24/h2-12,16,20,22H,1H3. The van der Waals surface area contributed by atoms with Crippen molar-refractivity contribution in [3.8, 4) is 5.75 Å². The van der Waals surface area contributed by atoms with Crippen molar-refractivity contribution in [1.82, 2.24) is 4.98 Å². The molecule has 1 saturated carbocycles. The number of rotatable bonds is 4. The minimum Gasteiger partial charge on any atom is -0.435 e. The molecule has 1 aromatic heterocycles. The van der Waals surface area contributed by atoms with Crippen LogP contribution in [0.4, 0.5) is 8.78 Å². The summed E-state index contributed by atoms with van der Waals surface area (Å²) in [4.78, 5) is 4.35. The van der Waals surface area contributed by atoms with E-state index in [1.807, 2.05) is 17.6 Å². The molecule has 0 spiro atoms. The van der Waals surface area contributed by atoms with Crippen LogP contribution in [0.5, 0.6) is 5.75 Å². The van der Waals surface area contributed by atoms with Crippen LogP contribution >= 0.6 is 11.3 Å². The van der Waals surface area contributed by atoms with Gasteiger partial charge in [0.25, 0.3) is 0 Å². The van der Waals surface area contributed by atoms with Gasteiger partial charge in [-0.25, -0.2) is 4.98 Å². The number of allylic oxidation sites excluding steroid dienone is 4. The Hall–Kier alpha value is -2.53. The van der Waals surface area contributed by atoms with Gasteiger partial charge in [-0.15, -0.1) is 11.3 Å². The van der Waals surface area contributed by atoms with Crippen molar-refractivity contribution in [2.75, 3.05) is 0 Å². The maximum absolute atomic E-state index is 12.7. The zero-order valence-corrected chi connectivity index (χ0v) is 15.4. The van der Waals surface area contributed by atoms with E-state index < -0.39 is 6.61 Å². The Morgan fingerprint density at radius 1 is 1.11 bits per heavy atom. The lowest BCUT2D eigenvalue weighted by atomic mass is 9.87. The summed E-state index contributed by atoms with van der Waals surface area (Å²) in [5.74, 6) is 1.70. The molecule has 136 valence electrons. The van der Waals surface area contributed by atoms with Gasteiger partial charge in [0.05, 0.1) is 15.7 Å². The van der Waals surface area contributed by atoms with Gasteiger partial charge in [-0.3, -0.25) is 0 Å². The maximum Gasteiger partial charge on any atom is 0.387 e. The van der Waals surface area contributed by atoms with Gasteiger partial charge >= 0.3 is 6.61 Å². The number of hydrogen-bond donors (Lipinski definition) is 0. The minimum atomic E-state index is -2.82. The van der Waals surface area contributed by atoms with Gasteiger partial charge in [-0.2, -0.15) is 8.78 Å². The molecule has 2 aliphatic carbocycles. The predicted molar refractivity (Wildman–Crippen MR) is 105 cm³/mol. The summed E-state index contributed by atoms with van der Waals surface area (Å²) >= 11 is 1.62. The average Bonchev–Trinajstić information content (AvgIpc) is 3.10. The molecule has 3 aromatic rings. The number of nitrogens with zero attached hydrogens (tertiary/aromatic N) is 1. The molecular formula is C22H17F2NOS. The number of aromatic nitrogens is 1. The molecule has 3 atom stereocenters. The topological polar surface area (TPSA) is 22.1 Å². The zero-order chi connectivity index (χ0) is 18.5. The molecule has 0 radical (unpaired) electrons. The van der Waals surface area contributed by atoms with E-state index in [4.69, 9.17) is 0 Å². The summed E-state index contributed by atoms with van der Waals surface area (Å²) in [6, 6.07) is 13.4. The third-order valence-corrected chi connectivity index (χ3v) is 6.36. The largest absolute Gasteiger partial charge is 0.435 e. The zero-order valence-electron chi connectivity index (χ0n) is 14.6. The first-order valence-electron chi connectivity index (χ1n) is 8.93. The van der Waals surface area contributed by atoms with Crippen LogP contribution in [0, 0.1) is 17.8 Å². The van der Waals surface area contributed by atoms with Crippen molar-refractivity contribution < 1.29 is 13.5 Å². The van der Waals surface area contributed by atoms with E-state index in [-0.39, 0.29) is 5.75 Å². The first-order valence-corrected chi connectivity index (χ1v) is 9.81. The Bertz CT molecular complexity index is 1080. The summed E-state index contributed by atoms with van der Waals surface area (Å²) in [5, 5.41) is 0. The lowest BCUT2D eigenvalue weighted by Crippen LogP contribution is -2.03. The monoisotopic (exact) mass is 381 g/mol. The molecule has 0 aliphatic heterocycles. The number of fused-ring (bicyclic) bond motifs is 2. The van der Waals surface area contributed by atoms with Gasteiger partial charge in [0, 0.05) is 0 Å². The van der Waals surface area contributed by atoms with E-state index in [1.54, 1.807) is 29.5 Å². The van der Waals surface area contributed by atoms with Crippen LogP contribution in [0.1, 0.15) is 18.1 Å². The first kappa shape index (κ1) is 16.6. The third-order valence-electron chi connectivity index (χ3n) is 5.57. The average molecular weight is 381 g/mol. The Morgan fingerprint density at radius 2 is 2.00 bits per heavy atom. The number of hydrogen-bond acceptors (Lipinski definition) is 3. The van der Waals surface area contributed by atoms with Gasteiger partial charge < -0.3 is 4.74 Å². The summed E-state index contributed by atoms with van der Waals surface area (Å²) in [6.45, 7) is -0.574. The van der Waals surface area contributed by atoms with Crippen LogP contribution in [-0.4, -0.2) is 11.6 Å². The molecule has 2 aliphatic rings. The quantitative estimate of drug-likeness (QED) is 0.532. The summed E-state index contributed by atoms with van der Waals surface area (Å²) in [5.41, 5.74) is 7.32. The van der Waals surface area contributed by atoms with Crippen molar-refractivity contribution in [1.29, 1.82) is 0 Å². The SMILES string of the molecule is CC1C2C=CC(c3ccc4ncsc4c3)=C(c3cccc(OC(F)F)c3)C12. The Kier molecular flexibility index (Phi) is 3.86. The van der Waals surface area contributed by atoms with Crippen LogP contribution in [0.3, 0.4) is 0 Å². The molecule has 5 rings (SSSR count). The number of ether oxygens (including phenoxy) is 1. The van der Waals surface area contributed by atoms with E-state index >= 15 is 0 Å². The summed E-state index contributed by atoms with van der Waals surface area (Å²) in [7, 11) is 0. The van der Waals surface area contributed by atoms with Crippen LogP contribution < -0.4 is 4.74 Å². The van der Waals surface area contributed by atoms with Crippen LogP contribution in [0.25, 0.3) is 21.4 Å². The highest BCUT2D eigenvalue weighted by molar-refractivity contribution is 7.16. The second kappa shape index (κ2) is 6.27. The highest BCUT2D eigenvalue weighted by Gasteiger charge is 2.49. The van der Waals surface area contributed by atoms with Crippen molar-refractivity contribution in [3.05, 3.63) is 71.3 Å². The molecular weight excluding hydrogens is 364 g/mol. The lowest BCUT2D eigenvalue weighted by molar-refractivity contribution is -0.0498. The van der Waals surface area contributed by atoms with Gasteiger partial charge in [-0.05, 0) is 64.3 Å². The number of benzene rings is 2. The molecule has 3 unspecified atom stereocenters. The lowest BCUT2D eigenvalue weighted by Gasteiger charge is -2.18. The van der Waals surface area contributed by atoms with Crippen molar-refractivity contribution in [3.63, 3.8) is 0 Å². The Balaban J connectivity index is 1.66. The number of alkyl halides is 2. The molecule has 0 saturated heterocycles. The van der Waals surface area contributed by atoms with Gasteiger partial charge in [0.1, 0.15) is 5.75 Å². The van der Waals surface area contributed by atoms with E-state index in [0.29, 0.717) is 17.8 Å². The summed E-state index contributed by atoms with van der Waals surface area (Å²) < 4.78 is 31.1. The second-order valence-electron chi connectivity index (χ2n) is 7.09. The molecule has 5 heteroatoms. The molecule has 2 aromatic carbocycles. The molecule has 1 fully saturated rings. The predicted octanol–water partition coefficient (Wildman–Crippen LogP) is 6.26. The van der Waals surface area contributed by atoms with Crippen molar-refractivity contribution in [2.24, 2.45) is 17.8 Å². The van der Waals surface area contributed by atoms with Crippen LogP contribution in [-0.2, 0) is 0 Å². The Morgan fingerprint density at radius 3 is 2.85 bits per heavy atom. The fraction of sp³-hybridized carbons (Fsp3) is 0.227. The fourth-order valence-electron chi connectivity index (χ4n) is 4.18. The first-order chi connectivity index (χ1) is 13.1. The Labute approximate surface area is 159 Å².